The standard InChI is InChI=1S/C14H16N6O3S/c1-8(2)11(13(21)18-14-15-7-16-19-14)17-12-9-5-3-4-6-10(9)24(22,23)20-12/h3-8,11H,1-2H3,(H,17,20)(H2,15,16,18,19,21)/t11-/m0/s1. The molecule has 126 valence electrons. The Morgan fingerprint density at radius 2 is 2.04 bits per heavy atom. The van der Waals surface area contributed by atoms with E-state index in [2.05, 4.69) is 30.2 Å². The van der Waals surface area contributed by atoms with E-state index in [1.165, 1.54) is 12.4 Å². The van der Waals surface area contributed by atoms with Crippen LogP contribution in [0.5, 0.6) is 0 Å². The number of fused-ring (bicyclic) bond motifs is 1. The predicted molar refractivity (Wildman–Crippen MR) is 86.9 cm³/mol. The van der Waals surface area contributed by atoms with Gasteiger partial charge in [-0.1, -0.05) is 26.0 Å². The number of hydrogen-bond acceptors (Lipinski definition) is 6. The monoisotopic (exact) mass is 348 g/mol. The number of anilines is 1. The lowest BCUT2D eigenvalue weighted by molar-refractivity contribution is -0.118. The molecule has 1 atom stereocenters. The molecule has 2 aromatic rings. The first-order valence-corrected chi connectivity index (χ1v) is 8.73. The van der Waals surface area contributed by atoms with Crippen LogP contribution < -0.4 is 10.0 Å². The van der Waals surface area contributed by atoms with E-state index in [1.807, 2.05) is 13.8 Å². The van der Waals surface area contributed by atoms with Crippen molar-refractivity contribution >= 4 is 27.7 Å². The fraction of sp³-hybridized carbons (Fsp3) is 0.286. The number of sulfonamides is 1. The number of hydrogen-bond donors (Lipinski definition) is 3. The van der Waals surface area contributed by atoms with Crippen LogP contribution in [0, 0.1) is 5.92 Å². The molecule has 2 heterocycles. The highest BCUT2D eigenvalue weighted by atomic mass is 32.2. The minimum absolute atomic E-state index is 0.155. The molecule has 3 rings (SSSR count). The molecule has 0 aliphatic carbocycles. The Labute approximate surface area is 138 Å². The van der Waals surface area contributed by atoms with Crippen molar-refractivity contribution in [1.82, 2.24) is 19.9 Å². The number of nitrogens with zero attached hydrogens (tertiary/aromatic N) is 3. The fourth-order valence-electron chi connectivity index (χ4n) is 2.34. The van der Waals surface area contributed by atoms with Gasteiger partial charge in [-0.05, 0) is 18.1 Å². The van der Waals surface area contributed by atoms with Gasteiger partial charge in [0.2, 0.25) is 5.95 Å². The maximum Gasteiger partial charge on any atom is 0.263 e. The van der Waals surface area contributed by atoms with Crippen LogP contribution in [0.3, 0.4) is 0 Å². The topological polar surface area (TPSA) is 129 Å². The number of H-pyrrole nitrogens is 1. The molecule has 1 aliphatic rings. The van der Waals surface area contributed by atoms with Crippen molar-refractivity contribution in [1.29, 1.82) is 0 Å². The normalized spacial score (nSPS) is 18.2. The van der Waals surface area contributed by atoms with Crippen molar-refractivity contribution in [2.45, 2.75) is 24.8 Å². The summed E-state index contributed by atoms with van der Waals surface area (Å²) in [5.74, 6) is -0.189. The van der Waals surface area contributed by atoms with Gasteiger partial charge in [-0.3, -0.25) is 19.8 Å². The average Bonchev–Trinajstić information content (AvgIpc) is 3.11. The first-order chi connectivity index (χ1) is 11.4. The number of carbonyl (C=O) groups excluding carboxylic acids is 1. The molecule has 0 radical (unpaired) electrons. The molecule has 1 aromatic carbocycles. The van der Waals surface area contributed by atoms with Crippen molar-refractivity contribution in [2.75, 3.05) is 5.32 Å². The van der Waals surface area contributed by atoms with E-state index >= 15 is 0 Å². The Balaban J connectivity index is 1.94. The lowest BCUT2D eigenvalue weighted by Gasteiger charge is -2.16. The quantitative estimate of drug-likeness (QED) is 0.741. The van der Waals surface area contributed by atoms with Crippen molar-refractivity contribution in [3.05, 3.63) is 36.2 Å². The SMILES string of the molecule is CC(C)[C@H](N=C1NS(=O)(=O)c2ccccc21)C(=O)Nc1ncn[nH]1. The molecule has 0 spiro atoms. The summed E-state index contributed by atoms with van der Waals surface area (Å²) < 4.78 is 26.7. The van der Waals surface area contributed by atoms with Gasteiger partial charge in [0, 0.05) is 5.56 Å². The number of carbonyl (C=O) groups is 1. The summed E-state index contributed by atoms with van der Waals surface area (Å²) in [6, 6.07) is 5.71. The van der Waals surface area contributed by atoms with E-state index in [-0.39, 0.29) is 22.6 Å². The minimum Gasteiger partial charge on any atom is -0.293 e. The number of benzene rings is 1. The van der Waals surface area contributed by atoms with Crippen molar-refractivity contribution in [3.8, 4) is 0 Å². The summed E-state index contributed by atoms with van der Waals surface area (Å²) in [6.07, 6.45) is 1.27. The van der Waals surface area contributed by atoms with Crippen LogP contribution >= 0.6 is 0 Å². The van der Waals surface area contributed by atoms with Gasteiger partial charge >= 0.3 is 0 Å². The zero-order valence-corrected chi connectivity index (χ0v) is 13.8. The van der Waals surface area contributed by atoms with Crippen molar-refractivity contribution in [2.24, 2.45) is 10.9 Å². The van der Waals surface area contributed by atoms with E-state index in [0.29, 0.717) is 5.56 Å². The highest BCUT2D eigenvalue weighted by Gasteiger charge is 2.32. The number of nitrogens with one attached hydrogen (secondary N) is 3. The van der Waals surface area contributed by atoms with Crippen LogP contribution in [0.25, 0.3) is 0 Å². The lowest BCUT2D eigenvalue weighted by Crippen LogP contribution is -2.34. The smallest absolute Gasteiger partial charge is 0.263 e. The maximum absolute atomic E-state index is 12.4. The number of aromatic amines is 1. The predicted octanol–water partition coefficient (Wildman–Crippen LogP) is 0.506. The van der Waals surface area contributed by atoms with Gasteiger partial charge in [-0.25, -0.2) is 13.5 Å². The molecule has 0 saturated heterocycles. The third-order valence-corrected chi connectivity index (χ3v) is 4.88. The zero-order valence-electron chi connectivity index (χ0n) is 13.0. The van der Waals surface area contributed by atoms with E-state index in [4.69, 9.17) is 0 Å². The van der Waals surface area contributed by atoms with E-state index in [1.54, 1.807) is 18.2 Å². The first-order valence-electron chi connectivity index (χ1n) is 7.25. The zero-order chi connectivity index (χ0) is 17.3. The van der Waals surface area contributed by atoms with E-state index in [9.17, 15) is 13.2 Å². The molecular weight excluding hydrogens is 332 g/mol. The highest BCUT2D eigenvalue weighted by molar-refractivity contribution is 7.90. The third-order valence-electron chi connectivity index (χ3n) is 3.49. The van der Waals surface area contributed by atoms with Gasteiger partial charge in [0.1, 0.15) is 18.2 Å². The van der Waals surface area contributed by atoms with Gasteiger partial charge in [0.05, 0.1) is 4.90 Å². The number of rotatable bonds is 4. The Morgan fingerprint density at radius 3 is 2.71 bits per heavy atom. The van der Waals surface area contributed by atoms with Crippen LogP contribution in [0.15, 0.2) is 40.5 Å². The number of amides is 1. The summed E-state index contributed by atoms with van der Waals surface area (Å²) >= 11 is 0. The highest BCUT2D eigenvalue weighted by Crippen LogP contribution is 2.23. The molecule has 1 amide bonds. The summed E-state index contributed by atoms with van der Waals surface area (Å²) in [4.78, 5) is 20.8. The Bertz CT molecular complexity index is 889. The third kappa shape index (κ3) is 3.00. The van der Waals surface area contributed by atoms with Gasteiger partial charge in [0.25, 0.3) is 15.9 Å². The first kappa shape index (κ1) is 16.1. The second kappa shape index (κ2) is 6.04. The molecule has 24 heavy (non-hydrogen) atoms. The summed E-state index contributed by atoms with van der Waals surface area (Å²) in [5.41, 5.74) is 0.454. The van der Waals surface area contributed by atoms with Crippen LogP contribution in [0.2, 0.25) is 0 Å². The van der Waals surface area contributed by atoms with Crippen molar-refractivity contribution < 1.29 is 13.2 Å². The second-order valence-electron chi connectivity index (χ2n) is 5.59. The number of aromatic nitrogens is 3. The molecule has 9 nitrogen and oxygen atoms in total. The van der Waals surface area contributed by atoms with Gasteiger partial charge in [-0.2, -0.15) is 10.1 Å². The average molecular weight is 348 g/mol. The van der Waals surface area contributed by atoms with Crippen LogP contribution in [-0.2, 0) is 14.8 Å². The number of aliphatic imine (C=N–C) groups is 1. The van der Waals surface area contributed by atoms with Gasteiger partial charge in [0.15, 0.2) is 0 Å². The molecule has 0 fully saturated rings. The molecule has 1 aromatic heterocycles. The Hall–Kier alpha value is -2.75. The molecule has 1 aliphatic heterocycles. The van der Waals surface area contributed by atoms with E-state index < -0.39 is 22.0 Å². The fourth-order valence-corrected chi connectivity index (χ4v) is 3.57. The summed E-state index contributed by atoms with van der Waals surface area (Å²) in [5, 5.41) is 8.75. The second-order valence-corrected chi connectivity index (χ2v) is 7.24. The lowest BCUT2D eigenvalue weighted by atomic mass is 10.0. The van der Waals surface area contributed by atoms with Crippen LogP contribution in [0.1, 0.15) is 19.4 Å². The summed E-state index contributed by atoms with van der Waals surface area (Å²) in [6.45, 7) is 3.65. The van der Waals surface area contributed by atoms with Gasteiger partial charge in [-0.15, -0.1) is 0 Å². The van der Waals surface area contributed by atoms with Crippen LogP contribution in [-0.4, -0.2) is 41.4 Å². The largest absolute Gasteiger partial charge is 0.293 e. The van der Waals surface area contributed by atoms with Crippen LogP contribution in [0.4, 0.5) is 5.95 Å². The minimum atomic E-state index is -3.64. The Kier molecular flexibility index (Phi) is 4.06. The molecule has 0 saturated carbocycles. The summed E-state index contributed by atoms with van der Waals surface area (Å²) in [7, 11) is -3.64. The van der Waals surface area contributed by atoms with Gasteiger partial charge < -0.3 is 0 Å². The van der Waals surface area contributed by atoms with E-state index in [0.717, 1.165) is 0 Å². The molecule has 0 unspecified atom stereocenters. The maximum atomic E-state index is 12.4. The number of amidine groups is 1. The molecule has 3 N–H and O–H groups in total. The molecule has 10 heteroatoms. The Morgan fingerprint density at radius 1 is 1.29 bits per heavy atom. The molecule has 0 bridgehead atoms. The van der Waals surface area contributed by atoms with Crippen molar-refractivity contribution in [3.63, 3.8) is 0 Å². The molecular formula is C14H16N6O3S.